The molecule has 15 heavy (non-hydrogen) atoms. The molecule has 0 saturated heterocycles. The molecule has 0 aliphatic heterocycles. The zero-order valence-corrected chi connectivity index (χ0v) is 9.61. The number of aromatic nitrogens is 3. The Hall–Kier alpha value is -0.900. The van der Waals surface area contributed by atoms with Gasteiger partial charge in [0.1, 0.15) is 12.2 Å². The van der Waals surface area contributed by atoms with Gasteiger partial charge in [0.15, 0.2) is 0 Å². The maximum absolute atomic E-state index is 4.21. The average Bonchev–Trinajstić information content (AvgIpc) is 2.96. The second-order valence-electron chi connectivity index (χ2n) is 4.47. The van der Waals surface area contributed by atoms with Crippen LogP contribution in [0.2, 0.25) is 0 Å². The van der Waals surface area contributed by atoms with E-state index < -0.39 is 0 Å². The predicted octanol–water partition coefficient (Wildman–Crippen LogP) is 1.48. The van der Waals surface area contributed by atoms with Crippen LogP contribution in [0.5, 0.6) is 0 Å². The first kappa shape index (κ1) is 10.6. The van der Waals surface area contributed by atoms with E-state index in [4.69, 9.17) is 0 Å². The Balaban J connectivity index is 1.77. The molecule has 0 radical (unpaired) electrons. The highest BCUT2D eigenvalue weighted by atomic mass is 15.3. The molecule has 1 aromatic rings. The molecule has 1 unspecified atom stereocenters. The lowest BCUT2D eigenvalue weighted by molar-refractivity contribution is 0.434. The fraction of sp³-hybridized carbons (Fsp3) is 0.818. The number of nitrogens with one attached hydrogen (secondary N) is 1. The van der Waals surface area contributed by atoms with E-state index in [1.165, 1.54) is 25.7 Å². The Morgan fingerprint density at radius 2 is 2.40 bits per heavy atom. The van der Waals surface area contributed by atoms with Crippen LogP contribution in [0.25, 0.3) is 0 Å². The monoisotopic (exact) mass is 208 g/mol. The molecule has 1 atom stereocenters. The highest BCUT2D eigenvalue weighted by Gasteiger charge is 2.24. The molecule has 1 aliphatic rings. The summed E-state index contributed by atoms with van der Waals surface area (Å²) in [7, 11) is 1.94. The molecule has 4 heteroatoms. The summed E-state index contributed by atoms with van der Waals surface area (Å²) in [5.41, 5.74) is 0. The summed E-state index contributed by atoms with van der Waals surface area (Å²) in [6, 6.07) is 0.647. The Morgan fingerprint density at radius 3 is 2.93 bits per heavy atom. The quantitative estimate of drug-likeness (QED) is 0.770. The summed E-state index contributed by atoms with van der Waals surface area (Å²) in [5, 5.41) is 7.62. The molecule has 0 amide bonds. The summed E-state index contributed by atoms with van der Waals surface area (Å²) >= 11 is 0. The lowest BCUT2D eigenvalue weighted by Crippen LogP contribution is -2.29. The van der Waals surface area contributed by atoms with Gasteiger partial charge in [0.05, 0.1) is 6.54 Å². The Labute approximate surface area is 91.1 Å². The standard InChI is InChI=1S/C11H20N4/c1-3-10(6-9-4-5-9)12-7-11-13-8-14-15(11)2/h8-10,12H,3-7H2,1-2H3. The van der Waals surface area contributed by atoms with Crippen molar-refractivity contribution in [1.82, 2.24) is 20.1 Å². The normalized spacial score (nSPS) is 18.0. The lowest BCUT2D eigenvalue weighted by atomic mass is 10.1. The number of nitrogens with zero attached hydrogens (tertiary/aromatic N) is 3. The molecule has 1 N–H and O–H groups in total. The number of rotatable bonds is 6. The maximum Gasteiger partial charge on any atom is 0.140 e. The lowest BCUT2D eigenvalue weighted by Gasteiger charge is -2.15. The maximum atomic E-state index is 4.21. The van der Waals surface area contributed by atoms with E-state index in [9.17, 15) is 0 Å². The average molecular weight is 208 g/mol. The molecule has 84 valence electrons. The van der Waals surface area contributed by atoms with E-state index in [-0.39, 0.29) is 0 Å². The Kier molecular flexibility index (Phi) is 3.36. The fourth-order valence-electron chi connectivity index (χ4n) is 1.87. The number of hydrogen-bond donors (Lipinski definition) is 1. The van der Waals surface area contributed by atoms with Gasteiger partial charge >= 0.3 is 0 Å². The van der Waals surface area contributed by atoms with Crippen LogP contribution in [0.1, 0.15) is 38.4 Å². The molecule has 0 bridgehead atoms. The van der Waals surface area contributed by atoms with E-state index in [1.54, 1.807) is 6.33 Å². The molecule has 1 fully saturated rings. The summed E-state index contributed by atoms with van der Waals surface area (Å²) in [5.74, 6) is 2.01. The van der Waals surface area contributed by atoms with Crippen molar-refractivity contribution in [1.29, 1.82) is 0 Å². The van der Waals surface area contributed by atoms with Gasteiger partial charge in [0, 0.05) is 13.1 Å². The largest absolute Gasteiger partial charge is 0.307 e. The highest BCUT2D eigenvalue weighted by molar-refractivity contribution is 4.85. The van der Waals surface area contributed by atoms with Crippen molar-refractivity contribution in [2.24, 2.45) is 13.0 Å². The van der Waals surface area contributed by atoms with Crippen molar-refractivity contribution < 1.29 is 0 Å². The topological polar surface area (TPSA) is 42.7 Å². The predicted molar refractivity (Wildman–Crippen MR) is 59.3 cm³/mol. The minimum atomic E-state index is 0.647. The van der Waals surface area contributed by atoms with Gasteiger partial charge in [0.2, 0.25) is 0 Å². The van der Waals surface area contributed by atoms with Gasteiger partial charge in [-0.1, -0.05) is 19.8 Å². The molecule has 0 aromatic carbocycles. The first-order valence-corrected chi connectivity index (χ1v) is 5.85. The van der Waals surface area contributed by atoms with Crippen LogP contribution in [-0.4, -0.2) is 20.8 Å². The van der Waals surface area contributed by atoms with Crippen LogP contribution in [0, 0.1) is 5.92 Å². The second-order valence-corrected chi connectivity index (χ2v) is 4.47. The molecule has 1 aromatic heterocycles. The van der Waals surface area contributed by atoms with Gasteiger partial charge < -0.3 is 5.32 Å². The molecular formula is C11H20N4. The van der Waals surface area contributed by atoms with Crippen LogP contribution in [0.4, 0.5) is 0 Å². The molecular weight excluding hydrogens is 188 g/mol. The van der Waals surface area contributed by atoms with Crippen LogP contribution in [-0.2, 0) is 13.6 Å². The van der Waals surface area contributed by atoms with Crippen LogP contribution in [0.3, 0.4) is 0 Å². The summed E-state index contributed by atoms with van der Waals surface area (Å²) < 4.78 is 1.83. The van der Waals surface area contributed by atoms with Gasteiger partial charge in [-0.25, -0.2) is 4.98 Å². The van der Waals surface area contributed by atoms with Crippen molar-refractivity contribution in [3.63, 3.8) is 0 Å². The molecule has 1 aliphatic carbocycles. The number of aryl methyl sites for hydroxylation is 1. The first-order chi connectivity index (χ1) is 7.29. The van der Waals surface area contributed by atoms with Gasteiger partial charge in [-0.15, -0.1) is 0 Å². The van der Waals surface area contributed by atoms with Crippen LogP contribution in [0.15, 0.2) is 6.33 Å². The van der Waals surface area contributed by atoms with Gasteiger partial charge in [0.25, 0.3) is 0 Å². The molecule has 1 heterocycles. The molecule has 1 saturated carbocycles. The van der Waals surface area contributed by atoms with E-state index >= 15 is 0 Å². The third kappa shape index (κ3) is 3.02. The zero-order valence-electron chi connectivity index (χ0n) is 9.61. The van der Waals surface area contributed by atoms with Gasteiger partial charge in [-0.2, -0.15) is 5.10 Å². The smallest absolute Gasteiger partial charge is 0.140 e. The van der Waals surface area contributed by atoms with Crippen molar-refractivity contribution >= 4 is 0 Å². The zero-order chi connectivity index (χ0) is 10.7. The fourth-order valence-corrected chi connectivity index (χ4v) is 1.87. The van der Waals surface area contributed by atoms with E-state index in [1.807, 2.05) is 11.7 Å². The van der Waals surface area contributed by atoms with Crippen molar-refractivity contribution in [3.8, 4) is 0 Å². The summed E-state index contributed by atoms with van der Waals surface area (Å²) in [4.78, 5) is 4.21. The third-order valence-corrected chi connectivity index (χ3v) is 3.16. The summed E-state index contributed by atoms with van der Waals surface area (Å²) in [6.07, 6.45) is 7.01. The molecule has 2 rings (SSSR count). The Morgan fingerprint density at radius 1 is 1.60 bits per heavy atom. The third-order valence-electron chi connectivity index (χ3n) is 3.16. The van der Waals surface area contributed by atoms with Gasteiger partial charge in [-0.05, 0) is 18.8 Å². The molecule has 0 spiro atoms. The minimum absolute atomic E-state index is 0.647. The van der Waals surface area contributed by atoms with E-state index in [2.05, 4.69) is 22.3 Å². The minimum Gasteiger partial charge on any atom is -0.307 e. The van der Waals surface area contributed by atoms with Gasteiger partial charge in [-0.3, -0.25) is 4.68 Å². The summed E-state index contributed by atoms with van der Waals surface area (Å²) in [6.45, 7) is 3.08. The van der Waals surface area contributed by atoms with Crippen LogP contribution < -0.4 is 5.32 Å². The van der Waals surface area contributed by atoms with Crippen molar-refractivity contribution in [2.45, 2.75) is 45.2 Å². The SMILES string of the molecule is CCC(CC1CC1)NCc1ncnn1C. The second kappa shape index (κ2) is 4.75. The highest BCUT2D eigenvalue weighted by Crippen LogP contribution is 2.34. The van der Waals surface area contributed by atoms with E-state index in [0.29, 0.717) is 6.04 Å². The Bertz CT molecular complexity index is 303. The number of hydrogen-bond acceptors (Lipinski definition) is 3. The van der Waals surface area contributed by atoms with Crippen LogP contribution >= 0.6 is 0 Å². The van der Waals surface area contributed by atoms with Crippen molar-refractivity contribution in [3.05, 3.63) is 12.2 Å². The van der Waals surface area contributed by atoms with Crippen molar-refractivity contribution in [2.75, 3.05) is 0 Å². The molecule has 4 nitrogen and oxygen atoms in total. The van der Waals surface area contributed by atoms with E-state index in [0.717, 1.165) is 18.3 Å². The first-order valence-electron chi connectivity index (χ1n) is 5.85.